The highest BCUT2D eigenvalue weighted by Gasteiger charge is 2.59. The van der Waals surface area contributed by atoms with Crippen molar-refractivity contribution in [3.05, 3.63) is 46.1 Å². The first kappa shape index (κ1) is 36.8. The second-order valence-electron chi connectivity index (χ2n) is 10.1. The molecule has 0 aliphatic carbocycles. The number of carbonyl (C=O) groups excluding carboxylic acids is 4. The van der Waals surface area contributed by atoms with Crippen molar-refractivity contribution in [1.82, 2.24) is 0 Å². The Morgan fingerprint density at radius 3 is 0.796 bits per heavy atom. The monoisotopic (exact) mass is 712 g/mol. The van der Waals surface area contributed by atoms with Gasteiger partial charge in [-0.15, -0.1) is 0 Å². The third-order valence-electron chi connectivity index (χ3n) is 6.76. The standard InChI is InChI=1S/C25H28O24/c26-1-5(30)13-17(9(34)21(38)42-13)46-25(47-18-10(35)22(39)43-14(18)6(31)2-27,48-19-11(36)23(40)44-15(19)7(32)3-28)49-20-12(37)24(41)45-16(20)8(33)4-29/h5-8,13-16,26-37H,1-4H2/t5-,6-,7-,8-,13+,14+,15+,16+/m0/s1. The fourth-order valence-electron chi connectivity index (χ4n) is 4.33. The molecule has 0 radical (unpaired) electrons. The van der Waals surface area contributed by atoms with Gasteiger partial charge in [0.2, 0.25) is 46.1 Å². The zero-order valence-electron chi connectivity index (χ0n) is 24.2. The average Bonchev–Trinajstić information content (AvgIpc) is 3.73. The van der Waals surface area contributed by atoms with E-state index in [0.29, 0.717) is 0 Å². The Labute approximate surface area is 270 Å². The highest BCUT2D eigenvalue weighted by molar-refractivity contribution is 5.91. The molecule has 0 fully saturated rings. The zero-order valence-corrected chi connectivity index (χ0v) is 24.2. The average molecular weight is 712 g/mol. The zero-order chi connectivity index (χ0) is 36.5. The predicted octanol–water partition coefficient (Wildman–Crippen LogP) is -6.14. The molecule has 0 aromatic rings. The second kappa shape index (κ2) is 14.2. The van der Waals surface area contributed by atoms with Gasteiger partial charge >= 0.3 is 30.0 Å². The van der Waals surface area contributed by atoms with Crippen LogP contribution in [-0.4, -0.2) is 167 Å². The molecule has 4 heterocycles. The van der Waals surface area contributed by atoms with Gasteiger partial charge in [-0.05, 0) is 0 Å². The Balaban J connectivity index is 2.02. The number of hydrogen-bond acceptors (Lipinski definition) is 24. The third-order valence-corrected chi connectivity index (χ3v) is 6.76. The highest BCUT2D eigenvalue weighted by Crippen LogP contribution is 2.42. The molecule has 0 aromatic carbocycles. The first-order valence-electron chi connectivity index (χ1n) is 13.5. The molecular formula is C25H28O24. The molecule has 272 valence electrons. The maximum Gasteiger partial charge on any atom is 0.610 e. The van der Waals surface area contributed by atoms with Crippen molar-refractivity contribution in [1.29, 1.82) is 0 Å². The summed E-state index contributed by atoms with van der Waals surface area (Å²) in [6.07, 6.45) is -21.8. The molecule has 4 rings (SSSR count). The third kappa shape index (κ3) is 6.78. The van der Waals surface area contributed by atoms with Crippen LogP contribution in [-0.2, 0) is 57.1 Å². The van der Waals surface area contributed by atoms with Crippen molar-refractivity contribution in [2.45, 2.75) is 55.0 Å². The molecule has 0 saturated heterocycles. The first-order valence-corrected chi connectivity index (χ1v) is 13.5. The van der Waals surface area contributed by atoms with Crippen LogP contribution in [0.1, 0.15) is 0 Å². The van der Waals surface area contributed by atoms with E-state index in [2.05, 4.69) is 0 Å². The summed E-state index contributed by atoms with van der Waals surface area (Å²) in [7, 11) is 0. The number of hydrogen-bond donors (Lipinski definition) is 12. The summed E-state index contributed by atoms with van der Waals surface area (Å²) in [5, 5.41) is 121. The van der Waals surface area contributed by atoms with E-state index < -0.39 is 151 Å². The molecule has 0 aromatic heterocycles. The van der Waals surface area contributed by atoms with Gasteiger partial charge in [0, 0.05) is 0 Å². The van der Waals surface area contributed by atoms with Crippen molar-refractivity contribution >= 4 is 23.9 Å². The van der Waals surface area contributed by atoms with Gasteiger partial charge in [-0.3, -0.25) is 0 Å². The molecule has 0 unspecified atom stereocenters. The molecule has 49 heavy (non-hydrogen) atoms. The fourth-order valence-corrected chi connectivity index (χ4v) is 4.33. The summed E-state index contributed by atoms with van der Waals surface area (Å²) in [5.74, 6) is -18.4. The van der Waals surface area contributed by atoms with Crippen LogP contribution >= 0.6 is 0 Å². The van der Waals surface area contributed by atoms with E-state index in [1.54, 1.807) is 0 Å². The minimum Gasteiger partial charge on any atom is -0.499 e. The number of esters is 4. The van der Waals surface area contributed by atoms with Crippen LogP contribution in [0.2, 0.25) is 0 Å². The van der Waals surface area contributed by atoms with Crippen LogP contribution in [0, 0.1) is 0 Å². The van der Waals surface area contributed by atoms with Crippen molar-refractivity contribution < 1.29 is 118 Å². The van der Waals surface area contributed by atoms with Gasteiger partial charge in [-0.2, -0.15) is 0 Å². The number of carbonyl (C=O) groups is 4. The van der Waals surface area contributed by atoms with Gasteiger partial charge < -0.3 is 99.2 Å². The van der Waals surface area contributed by atoms with Crippen LogP contribution in [0.25, 0.3) is 0 Å². The van der Waals surface area contributed by atoms with Crippen molar-refractivity contribution in [2.75, 3.05) is 26.4 Å². The molecule has 0 amide bonds. The summed E-state index contributed by atoms with van der Waals surface area (Å²) < 4.78 is 40.6. The van der Waals surface area contributed by atoms with Crippen LogP contribution in [0.4, 0.5) is 0 Å². The summed E-state index contributed by atoms with van der Waals surface area (Å²) in [6, 6.07) is 0. The van der Waals surface area contributed by atoms with E-state index in [9.17, 15) is 80.5 Å². The molecule has 24 heteroatoms. The Hall–Kier alpha value is -5.08. The van der Waals surface area contributed by atoms with E-state index in [0.717, 1.165) is 0 Å². The van der Waals surface area contributed by atoms with Gasteiger partial charge in [-0.25, -0.2) is 19.2 Å². The predicted molar refractivity (Wildman–Crippen MR) is 138 cm³/mol. The lowest BCUT2D eigenvalue weighted by Crippen LogP contribution is -2.49. The lowest BCUT2D eigenvalue weighted by molar-refractivity contribution is -0.464. The van der Waals surface area contributed by atoms with E-state index >= 15 is 0 Å². The van der Waals surface area contributed by atoms with Crippen molar-refractivity contribution in [3.63, 3.8) is 0 Å². The summed E-state index contributed by atoms with van der Waals surface area (Å²) >= 11 is 0. The molecular weight excluding hydrogens is 684 g/mol. The van der Waals surface area contributed by atoms with Gasteiger partial charge in [0.1, 0.15) is 24.4 Å². The van der Waals surface area contributed by atoms with Crippen molar-refractivity contribution in [3.8, 4) is 0 Å². The SMILES string of the molecule is O=C1O[C@H]([C@@H](O)CO)C(OC(OC2=C(O)C(=O)O[C@@H]2[C@@H](O)CO)(OC2=C(O)C(=O)O[C@@H]2[C@@H](O)CO)OC2=C(O)C(=O)O[C@@H]2[C@@H](O)CO)=C1O. The smallest absolute Gasteiger partial charge is 0.499 e. The van der Waals surface area contributed by atoms with Crippen LogP contribution in [0.15, 0.2) is 46.1 Å². The molecule has 12 N–H and O–H groups in total. The van der Waals surface area contributed by atoms with Crippen LogP contribution in [0.5, 0.6) is 0 Å². The van der Waals surface area contributed by atoms with E-state index in [4.69, 9.17) is 37.9 Å². The normalized spacial score (nSPS) is 26.8. The van der Waals surface area contributed by atoms with Gasteiger partial charge in [0.05, 0.1) is 26.4 Å². The fraction of sp³-hybridized carbons (Fsp3) is 0.520. The maximum atomic E-state index is 12.3. The van der Waals surface area contributed by atoms with Gasteiger partial charge in [0.15, 0.2) is 24.4 Å². The molecule has 24 nitrogen and oxygen atoms in total. The number of rotatable bonds is 16. The molecule has 4 aliphatic heterocycles. The molecule has 0 saturated carbocycles. The molecule has 0 bridgehead atoms. The summed E-state index contributed by atoms with van der Waals surface area (Å²) in [6.45, 7) is -4.93. The molecule has 0 spiro atoms. The quantitative estimate of drug-likeness (QED) is 0.0402. The van der Waals surface area contributed by atoms with Crippen LogP contribution < -0.4 is 0 Å². The number of cyclic esters (lactones) is 4. The second-order valence-corrected chi connectivity index (χ2v) is 10.1. The van der Waals surface area contributed by atoms with Gasteiger partial charge in [-0.1, -0.05) is 0 Å². The minimum atomic E-state index is -4.09. The summed E-state index contributed by atoms with van der Waals surface area (Å²) in [4.78, 5) is 49.2. The minimum absolute atomic E-state index is 1.23. The lowest BCUT2D eigenvalue weighted by atomic mass is 10.1. The summed E-state index contributed by atoms with van der Waals surface area (Å²) in [5.41, 5.74) is 0. The number of ether oxygens (including phenoxy) is 8. The highest BCUT2D eigenvalue weighted by atomic mass is 17.0. The number of aliphatic hydroxyl groups excluding tert-OH is 12. The Bertz CT molecular complexity index is 1270. The lowest BCUT2D eigenvalue weighted by Gasteiger charge is -2.36. The van der Waals surface area contributed by atoms with Crippen molar-refractivity contribution in [2.24, 2.45) is 0 Å². The van der Waals surface area contributed by atoms with E-state index in [1.165, 1.54) is 0 Å². The first-order chi connectivity index (χ1) is 23.0. The molecule has 8 atom stereocenters. The van der Waals surface area contributed by atoms with E-state index in [1.807, 2.05) is 0 Å². The maximum absolute atomic E-state index is 12.3. The Kier molecular flexibility index (Phi) is 10.6. The largest absolute Gasteiger partial charge is 0.610 e. The Morgan fingerprint density at radius 2 is 0.633 bits per heavy atom. The molecule has 4 aliphatic rings. The number of aliphatic hydroxyl groups is 12. The topological polar surface area (TPSA) is 385 Å². The van der Waals surface area contributed by atoms with E-state index in [-0.39, 0.29) is 0 Å². The van der Waals surface area contributed by atoms with Crippen LogP contribution in [0.3, 0.4) is 0 Å². The Morgan fingerprint density at radius 1 is 0.449 bits per heavy atom. The van der Waals surface area contributed by atoms with Gasteiger partial charge in [0.25, 0.3) is 0 Å².